The van der Waals surface area contributed by atoms with Crippen molar-refractivity contribution >= 4 is 38.7 Å². The van der Waals surface area contributed by atoms with Gasteiger partial charge in [0.15, 0.2) is 0 Å². The Balaban J connectivity index is 1.63. The van der Waals surface area contributed by atoms with Crippen LogP contribution in [0.5, 0.6) is 0 Å². The third-order valence-corrected chi connectivity index (χ3v) is 6.10. The molecule has 6 nitrogen and oxygen atoms in total. The molecular formula is C23H24BrN5OS. The van der Waals surface area contributed by atoms with E-state index in [2.05, 4.69) is 56.0 Å². The van der Waals surface area contributed by atoms with Crippen molar-refractivity contribution in [1.29, 1.82) is 0 Å². The molecule has 8 heteroatoms. The molecule has 0 aliphatic heterocycles. The van der Waals surface area contributed by atoms with Gasteiger partial charge in [-0.25, -0.2) is 9.97 Å². The van der Waals surface area contributed by atoms with Crippen LogP contribution in [0.1, 0.15) is 18.0 Å². The van der Waals surface area contributed by atoms with Gasteiger partial charge in [0.05, 0.1) is 24.5 Å². The maximum absolute atomic E-state index is 5.75. The van der Waals surface area contributed by atoms with E-state index in [1.807, 2.05) is 52.1 Å². The molecule has 0 fully saturated rings. The number of rotatable bonds is 10. The first kappa shape index (κ1) is 21.8. The molecule has 1 aromatic carbocycles. The number of aromatic nitrogens is 5. The molecule has 0 saturated heterocycles. The zero-order chi connectivity index (χ0) is 21.6. The summed E-state index contributed by atoms with van der Waals surface area (Å²) in [7, 11) is 0. The summed E-state index contributed by atoms with van der Waals surface area (Å²) in [6.45, 7) is 5.12. The van der Waals surface area contributed by atoms with Crippen molar-refractivity contribution in [3.63, 3.8) is 0 Å². The van der Waals surface area contributed by atoms with E-state index in [-0.39, 0.29) is 6.04 Å². The Morgan fingerprint density at radius 2 is 2.19 bits per heavy atom. The van der Waals surface area contributed by atoms with Crippen LogP contribution in [0.3, 0.4) is 0 Å². The minimum atomic E-state index is 0.0653. The summed E-state index contributed by atoms with van der Waals surface area (Å²) in [5, 5.41) is 5.65. The van der Waals surface area contributed by atoms with Crippen LogP contribution in [-0.4, -0.2) is 42.9 Å². The van der Waals surface area contributed by atoms with E-state index < -0.39 is 0 Å². The van der Waals surface area contributed by atoms with Crippen LogP contribution in [0.4, 0.5) is 0 Å². The van der Waals surface area contributed by atoms with Gasteiger partial charge in [0.25, 0.3) is 0 Å². The highest BCUT2D eigenvalue weighted by Crippen LogP contribution is 2.29. The molecule has 0 aliphatic carbocycles. The minimum absolute atomic E-state index is 0.0653. The first-order chi connectivity index (χ1) is 15.2. The fourth-order valence-electron chi connectivity index (χ4n) is 3.54. The van der Waals surface area contributed by atoms with E-state index in [1.165, 1.54) is 5.56 Å². The highest BCUT2D eigenvalue weighted by molar-refractivity contribution is 9.10. The Morgan fingerprint density at radius 1 is 1.29 bits per heavy atom. The molecule has 0 bridgehead atoms. The van der Waals surface area contributed by atoms with E-state index in [1.54, 1.807) is 18.1 Å². The third-order valence-electron chi connectivity index (χ3n) is 5.04. The van der Waals surface area contributed by atoms with Gasteiger partial charge >= 0.3 is 0 Å². The number of ether oxygens (including phenoxy) is 1. The summed E-state index contributed by atoms with van der Waals surface area (Å²) in [6.07, 6.45) is 12.3. The quantitative estimate of drug-likeness (QED) is 0.212. The standard InChI is InChI=1S/C23H24BrN5OS/c1-3-5-21(17-6-4-7-19(24)12-17)29-14-18(13-27-29)22-20-8-9-28(16-30-10-11-31-2)23(20)26-15-25-22/h3-4,6-9,12-15,21H,1,5,10-11,16H2,2H3. The van der Waals surface area contributed by atoms with E-state index in [4.69, 9.17) is 4.74 Å². The second-order valence-electron chi connectivity index (χ2n) is 7.08. The molecule has 1 atom stereocenters. The molecule has 160 valence electrons. The van der Waals surface area contributed by atoms with E-state index in [0.717, 1.165) is 38.9 Å². The number of hydrogen-bond acceptors (Lipinski definition) is 5. The van der Waals surface area contributed by atoms with Crippen molar-refractivity contribution in [2.24, 2.45) is 0 Å². The number of benzene rings is 1. The average Bonchev–Trinajstić information content (AvgIpc) is 3.42. The molecule has 0 N–H and O–H groups in total. The summed E-state index contributed by atoms with van der Waals surface area (Å²) >= 11 is 5.34. The minimum Gasteiger partial charge on any atom is -0.360 e. The number of thioether (sulfide) groups is 1. The lowest BCUT2D eigenvalue weighted by atomic mass is 10.0. The SMILES string of the molecule is C=CCC(c1cccc(Br)c1)n1cc(-c2ncnc3c2ccn3COCCSC)cn1. The Kier molecular flexibility index (Phi) is 7.21. The van der Waals surface area contributed by atoms with Crippen LogP contribution in [0, 0.1) is 0 Å². The first-order valence-corrected chi connectivity index (χ1v) is 12.2. The maximum atomic E-state index is 5.75. The predicted molar refractivity (Wildman–Crippen MR) is 130 cm³/mol. The molecule has 3 heterocycles. The predicted octanol–water partition coefficient (Wildman–Crippen LogP) is 5.56. The summed E-state index contributed by atoms with van der Waals surface area (Å²) < 4.78 is 10.8. The normalized spacial score (nSPS) is 12.3. The van der Waals surface area contributed by atoms with Crippen molar-refractivity contribution in [1.82, 2.24) is 24.3 Å². The lowest BCUT2D eigenvalue weighted by Gasteiger charge is -2.16. The fourth-order valence-corrected chi connectivity index (χ4v) is 4.24. The van der Waals surface area contributed by atoms with Crippen molar-refractivity contribution in [3.05, 3.63) is 77.9 Å². The van der Waals surface area contributed by atoms with Crippen molar-refractivity contribution in [2.75, 3.05) is 18.6 Å². The number of nitrogens with zero attached hydrogens (tertiary/aromatic N) is 5. The molecule has 0 saturated carbocycles. The zero-order valence-electron chi connectivity index (χ0n) is 17.3. The summed E-state index contributed by atoms with van der Waals surface area (Å²) in [5.74, 6) is 0.975. The second kappa shape index (κ2) is 10.3. The van der Waals surface area contributed by atoms with Crippen LogP contribution < -0.4 is 0 Å². The molecule has 0 radical (unpaired) electrons. The van der Waals surface area contributed by atoms with Gasteiger partial charge in [0, 0.05) is 33.6 Å². The third kappa shape index (κ3) is 4.92. The molecule has 4 aromatic rings. The molecule has 0 amide bonds. The van der Waals surface area contributed by atoms with E-state index in [0.29, 0.717) is 13.3 Å². The van der Waals surface area contributed by atoms with Gasteiger partial charge in [-0.05, 0) is 36.4 Å². The largest absolute Gasteiger partial charge is 0.360 e. The van der Waals surface area contributed by atoms with Gasteiger partial charge in [-0.3, -0.25) is 4.68 Å². The highest BCUT2D eigenvalue weighted by Gasteiger charge is 2.17. The Morgan fingerprint density at radius 3 is 3.00 bits per heavy atom. The topological polar surface area (TPSA) is 57.8 Å². The van der Waals surface area contributed by atoms with Gasteiger partial charge in [-0.1, -0.05) is 34.1 Å². The van der Waals surface area contributed by atoms with Gasteiger partial charge in [-0.2, -0.15) is 16.9 Å². The monoisotopic (exact) mass is 497 g/mol. The van der Waals surface area contributed by atoms with Crippen LogP contribution in [0.25, 0.3) is 22.3 Å². The number of fused-ring (bicyclic) bond motifs is 1. The summed E-state index contributed by atoms with van der Waals surface area (Å²) in [4.78, 5) is 9.03. The smallest absolute Gasteiger partial charge is 0.145 e. The molecule has 31 heavy (non-hydrogen) atoms. The molecular weight excluding hydrogens is 474 g/mol. The van der Waals surface area contributed by atoms with Crippen LogP contribution in [-0.2, 0) is 11.5 Å². The van der Waals surface area contributed by atoms with E-state index in [9.17, 15) is 0 Å². The number of halogens is 1. The lowest BCUT2D eigenvalue weighted by molar-refractivity contribution is 0.0926. The van der Waals surface area contributed by atoms with Crippen molar-refractivity contribution < 1.29 is 4.74 Å². The van der Waals surface area contributed by atoms with Crippen LogP contribution >= 0.6 is 27.7 Å². The molecule has 3 aromatic heterocycles. The van der Waals surface area contributed by atoms with Crippen LogP contribution in [0.15, 0.2) is 72.4 Å². The van der Waals surface area contributed by atoms with Crippen molar-refractivity contribution in [2.45, 2.75) is 19.2 Å². The molecule has 4 rings (SSSR count). The number of hydrogen-bond donors (Lipinski definition) is 0. The maximum Gasteiger partial charge on any atom is 0.145 e. The number of allylic oxidation sites excluding steroid dienone is 1. The Bertz CT molecular complexity index is 1170. The Hall–Kier alpha value is -2.42. The second-order valence-corrected chi connectivity index (χ2v) is 8.98. The summed E-state index contributed by atoms with van der Waals surface area (Å²) in [5.41, 5.74) is 3.85. The van der Waals surface area contributed by atoms with Gasteiger partial charge in [-0.15, -0.1) is 6.58 Å². The lowest BCUT2D eigenvalue weighted by Crippen LogP contribution is -2.10. The van der Waals surface area contributed by atoms with Gasteiger partial charge in [0.2, 0.25) is 0 Å². The fraction of sp³-hybridized carbons (Fsp3) is 0.261. The highest BCUT2D eigenvalue weighted by atomic mass is 79.9. The zero-order valence-corrected chi connectivity index (χ0v) is 19.7. The van der Waals surface area contributed by atoms with Crippen molar-refractivity contribution in [3.8, 4) is 11.3 Å². The molecule has 0 aliphatic rings. The average molecular weight is 498 g/mol. The van der Waals surface area contributed by atoms with Crippen LogP contribution in [0.2, 0.25) is 0 Å². The van der Waals surface area contributed by atoms with E-state index >= 15 is 0 Å². The Labute approximate surface area is 194 Å². The van der Waals surface area contributed by atoms with Gasteiger partial charge in [0.1, 0.15) is 18.7 Å². The molecule has 0 spiro atoms. The first-order valence-electron chi connectivity index (χ1n) is 9.98. The molecule has 1 unspecified atom stereocenters. The summed E-state index contributed by atoms with van der Waals surface area (Å²) in [6, 6.07) is 10.4. The van der Waals surface area contributed by atoms with Gasteiger partial charge < -0.3 is 9.30 Å².